The lowest BCUT2D eigenvalue weighted by atomic mass is 10.0. The summed E-state index contributed by atoms with van der Waals surface area (Å²) in [4.78, 5) is 15.1. The van der Waals surface area contributed by atoms with Gasteiger partial charge in [-0.3, -0.25) is 4.79 Å². The predicted octanol–water partition coefficient (Wildman–Crippen LogP) is 3.45. The fourth-order valence-electron chi connectivity index (χ4n) is 3.74. The van der Waals surface area contributed by atoms with Crippen molar-refractivity contribution in [2.45, 2.75) is 25.1 Å². The van der Waals surface area contributed by atoms with Crippen LogP contribution in [0.3, 0.4) is 0 Å². The van der Waals surface area contributed by atoms with E-state index in [4.69, 9.17) is 14.2 Å². The van der Waals surface area contributed by atoms with E-state index in [2.05, 4.69) is 5.32 Å². The highest BCUT2D eigenvalue weighted by atomic mass is 16.5. The van der Waals surface area contributed by atoms with Gasteiger partial charge in [-0.05, 0) is 37.1 Å². The van der Waals surface area contributed by atoms with Gasteiger partial charge in [0.2, 0.25) is 0 Å². The van der Waals surface area contributed by atoms with E-state index in [1.165, 1.54) is 0 Å². The highest BCUT2D eigenvalue weighted by molar-refractivity contribution is 6.01. The van der Waals surface area contributed by atoms with E-state index in [0.717, 1.165) is 30.7 Å². The zero-order chi connectivity index (χ0) is 18.8. The number of methoxy groups -OCH3 is 2. The number of amides is 1. The molecule has 0 aliphatic carbocycles. The Hall–Kier alpha value is -2.73. The van der Waals surface area contributed by atoms with Crippen molar-refractivity contribution in [2.24, 2.45) is 0 Å². The highest BCUT2D eigenvalue weighted by Crippen LogP contribution is 2.36. The Morgan fingerprint density at radius 1 is 1.15 bits per heavy atom. The second-order valence-electron chi connectivity index (χ2n) is 6.83. The zero-order valence-corrected chi connectivity index (χ0v) is 15.6. The van der Waals surface area contributed by atoms with Crippen molar-refractivity contribution in [1.29, 1.82) is 0 Å². The molecule has 2 atom stereocenters. The van der Waals surface area contributed by atoms with Crippen LogP contribution in [0.15, 0.2) is 42.5 Å². The number of fused-ring (bicyclic) bond motifs is 1. The van der Waals surface area contributed by atoms with Gasteiger partial charge in [0.15, 0.2) is 0 Å². The summed E-state index contributed by atoms with van der Waals surface area (Å²) in [7, 11) is 3.24. The number of anilines is 1. The number of carbonyl (C=O) groups excluding carboxylic acids is 1. The number of nitrogens with one attached hydrogen (secondary N) is 1. The largest absolute Gasteiger partial charge is 0.497 e. The second kappa shape index (κ2) is 7.48. The summed E-state index contributed by atoms with van der Waals surface area (Å²) in [5.41, 5.74) is 2.42. The Labute approximate surface area is 159 Å². The summed E-state index contributed by atoms with van der Waals surface area (Å²) in [6.07, 6.45) is 1.75. The molecule has 0 unspecified atom stereocenters. The first kappa shape index (κ1) is 17.7. The fraction of sp³-hybridized carbons (Fsp3) is 0.381. The van der Waals surface area contributed by atoms with Crippen LogP contribution in [0.25, 0.3) is 0 Å². The summed E-state index contributed by atoms with van der Waals surface area (Å²) in [5.74, 6) is 1.38. The first-order valence-electron chi connectivity index (χ1n) is 9.20. The van der Waals surface area contributed by atoms with Crippen molar-refractivity contribution in [2.75, 3.05) is 32.7 Å². The lowest BCUT2D eigenvalue weighted by Crippen LogP contribution is -2.46. The maximum atomic E-state index is 13.3. The van der Waals surface area contributed by atoms with Crippen LogP contribution in [-0.2, 0) is 4.74 Å². The van der Waals surface area contributed by atoms with Crippen molar-refractivity contribution >= 4 is 11.6 Å². The van der Waals surface area contributed by atoms with Crippen LogP contribution in [0.1, 0.15) is 34.9 Å². The first-order valence-corrected chi connectivity index (χ1v) is 9.20. The Bertz CT molecular complexity index is 810. The Kier molecular flexibility index (Phi) is 4.90. The minimum atomic E-state index is -0.319. The van der Waals surface area contributed by atoms with Gasteiger partial charge in [0, 0.05) is 30.5 Å². The number of hydrogen-bond donors (Lipinski definition) is 1. The molecule has 27 heavy (non-hydrogen) atoms. The molecule has 1 N–H and O–H groups in total. The molecular weight excluding hydrogens is 344 g/mol. The average Bonchev–Trinajstić information content (AvgIpc) is 3.22. The lowest BCUT2D eigenvalue weighted by Gasteiger charge is -2.39. The van der Waals surface area contributed by atoms with Crippen LogP contribution in [0.2, 0.25) is 0 Å². The van der Waals surface area contributed by atoms with E-state index in [1.807, 2.05) is 47.4 Å². The lowest BCUT2D eigenvalue weighted by molar-refractivity contribution is 0.0426. The van der Waals surface area contributed by atoms with Gasteiger partial charge in [0.05, 0.1) is 25.9 Å². The molecule has 6 nitrogen and oxygen atoms in total. The molecule has 1 fully saturated rings. The minimum Gasteiger partial charge on any atom is -0.497 e. The second-order valence-corrected chi connectivity index (χ2v) is 6.83. The summed E-state index contributed by atoms with van der Waals surface area (Å²) < 4.78 is 16.6. The fourth-order valence-corrected chi connectivity index (χ4v) is 3.74. The highest BCUT2D eigenvalue weighted by Gasteiger charge is 2.35. The molecule has 0 radical (unpaired) electrons. The summed E-state index contributed by atoms with van der Waals surface area (Å²) in [5, 5.41) is 3.51. The molecule has 0 bridgehead atoms. The van der Waals surface area contributed by atoms with Gasteiger partial charge in [0.1, 0.15) is 17.7 Å². The molecule has 2 aromatic rings. The molecule has 142 valence electrons. The molecule has 0 spiro atoms. The predicted molar refractivity (Wildman–Crippen MR) is 102 cm³/mol. The third-order valence-corrected chi connectivity index (χ3v) is 5.14. The molecule has 4 rings (SSSR count). The number of hydrogen-bond acceptors (Lipinski definition) is 5. The normalized spacial score (nSPS) is 21.6. The zero-order valence-electron chi connectivity index (χ0n) is 15.6. The van der Waals surface area contributed by atoms with Gasteiger partial charge in [-0.15, -0.1) is 0 Å². The quantitative estimate of drug-likeness (QED) is 0.876. The Morgan fingerprint density at radius 2 is 1.89 bits per heavy atom. The molecule has 2 aliphatic heterocycles. The van der Waals surface area contributed by atoms with Crippen LogP contribution >= 0.6 is 0 Å². The third kappa shape index (κ3) is 3.45. The van der Waals surface area contributed by atoms with Gasteiger partial charge in [0.25, 0.3) is 5.91 Å². The smallest absolute Gasteiger partial charge is 0.257 e. The van der Waals surface area contributed by atoms with Gasteiger partial charge in [-0.25, -0.2) is 0 Å². The van der Waals surface area contributed by atoms with E-state index in [9.17, 15) is 4.79 Å². The van der Waals surface area contributed by atoms with Gasteiger partial charge < -0.3 is 24.4 Å². The van der Waals surface area contributed by atoms with Crippen LogP contribution in [-0.4, -0.2) is 44.3 Å². The summed E-state index contributed by atoms with van der Waals surface area (Å²) in [6.45, 7) is 1.30. The average molecular weight is 368 g/mol. The monoisotopic (exact) mass is 368 g/mol. The molecule has 0 saturated carbocycles. The minimum absolute atomic E-state index is 0.00615. The van der Waals surface area contributed by atoms with E-state index in [1.54, 1.807) is 14.2 Å². The molecule has 1 amide bonds. The molecule has 0 aromatic heterocycles. The molecule has 1 saturated heterocycles. The van der Waals surface area contributed by atoms with Crippen molar-refractivity contribution in [3.8, 4) is 11.5 Å². The first-order chi connectivity index (χ1) is 13.2. The summed E-state index contributed by atoms with van der Waals surface area (Å²) >= 11 is 0. The number of carbonyl (C=O) groups is 1. The van der Waals surface area contributed by atoms with Crippen molar-refractivity contribution in [1.82, 2.24) is 4.90 Å². The van der Waals surface area contributed by atoms with Crippen molar-refractivity contribution < 1.29 is 19.0 Å². The number of rotatable bonds is 5. The standard InChI is InChI=1S/C21H24N2O4/c1-25-16-10-14(11-17(12-16)26-2)20-22-19-8-4-3-7-18(19)21(24)23(20)13-15-6-5-9-27-15/h3-4,7-8,10-12,15,20,22H,5-6,9,13H2,1-2H3/t15-,20-/m1/s1. The van der Waals surface area contributed by atoms with Crippen molar-refractivity contribution in [3.05, 3.63) is 53.6 Å². The van der Waals surface area contributed by atoms with Crippen LogP contribution in [0.5, 0.6) is 11.5 Å². The maximum Gasteiger partial charge on any atom is 0.257 e. The third-order valence-electron chi connectivity index (χ3n) is 5.14. The number of para-hydroxylation sites is 1. The Morgan fingerprint density at radius 3 is 2.56 bits per heavy atom. The van der Waals surface area contributed by atoms with Gasteiger partial charge in [-0.1, -0.05) is 12.1 Å². The summed E-state index contributed by atoms with van der Waals surface area (Å²) in [6, 6.07) is 13.3. The maximum absolute atomic E-state index is 13.3. The van der Waals surface area contributed by atoms with Crippen LogP contribution < -0.4 is 14.8 Å². The number of benzene rings is 2. The number of nitrogens with zero attached hydrogens (tertiary/aromatic N) is 1. The van der Waals surface area contributed by atoms with E-state index >= 15 is 0 Å². The van der Waals surface area contributed by atoms with Crippen molar-refractivity contribution in [3.63, 3.8) is 0 Å². The van der Waals surface area contributed by atoms with Gasteiger partial charge >= 0.3 is 0 Å². The molecular formula is C21H24N2O4. The Balaban J connectivity index is 1.74. The SMILES string of the molecule is COc1cc(OC)cc([C@@H]2Nc3ccccc3C(=O)N2C[C@H]2CCCO2)c1. The topological polar surface area (TPSA) is 60.0 Å². The van der Waals surface area contributed by atoms with E-state index < -0.39 is 0 Å². The molecule has 6 heteroatoms. The van der Waals surface area contributed by atoms with E-state index in [-0.39, 0.29) is 18.2 Å². The van der Waals surface area contributed by atoms with Crippen LogP contribution in [0.4, 0.5) is 5.69 Å². The molecule has 2 aromatic carbocycles. The van der Waals surface area contributed by atoms with E-state index in [0.29, 0.717) is 23.6 Å². The molecule has 2 aliphatic rings. The van der Waals surface area contributed by atoms with Gasteiger partial charge in [-0.2, -0.15) is 0 Å². The van der Waals surface area contributed by atoms with Crippen LogP contribution in [0, 0.1) is 0 Å². The molecule has 2 heterocycles. The number of ether oxygens (including phenoxy) is 3.